The molecule has 1 amide bonds. The predicted octanol–water partition coefficient (Wildman–Crippen LogP) is 3.80. The van der Waals surface area contributed by atoms with E-state index in [0.29, 0.717) is 13.0 Å². The van der Waals surface area contributed by atoms with Crippen molar-refractivity contribution in [2.45, 2.75) is 19.0 Å². The van der Waals surface area contributed by atoms with E-state index in [2.05, 4.69) is 5.32 Å². The number of carbonyl (C=O) groups is 1. The molecule has 2 aromatic carbocycles. The SMILES string of the molecule is COc1ccc([C@@H](CC(=O)NCc2ccccc2OC)n2cccc2)cc1. The fourth-order valence-corrected chi connectivity index (χ4v) is 3.07. The zero-order valence-electron chi connectivity index (χ0n) is 15.6. The van der Waals surface area contributed by atoms with E-state index in [1.165, 1.54) is 0 Å². The van der Waals surface area contributed by atoms with Gasteiger partial charge in [-0.3, -0.25) is 4.79 Å². The zero-order chi connectivity index (χ0) is 19.1. The van der Waals surface area contributed by atoms with Crippen LogP contribution in [0.5, 0.6) is 11.5 Å². The van der Waals surface area contributed by atoms with Crippen molar-refractivity contribution in [1.82, 2.24) is 9.88 Å². The summed E-state index contributed by atoms with van der Waals surface area (Å²) in [4.78, 5) is 12.6. The van der Waals surface area contributed by atoms with Gasteiger partial charge in [0.25, 0.3) is 0 Å². The Morgan fingerprint density at radius 2 is 1.67 bits per heavy atom. The van der Waals surface area contributed by atoms with Crippen LogP contribution in [-0.4, -0.2) is 24.7 Å². The minimum Gasteiger partial charge on any atom is -0.497 e. The number of ether oxygens (including phenoxy) is 2. The van der Waals surface area contributed by atoms with Gasteiger partial charge in [0.1, 0.15) is 11.5 Å². The molecule has 1 heterocycles. The summed E-state index contributed by atoms with van der Waals surface area (Å²) in [5.74, 6) is 1.55. The van der Waals surface area contributed by atoms with E-state index < -0.39 is 0 Å². The first-order chi connectivity index (χ1) is 13.2. The van der Waals surface area contributed by atoms with E-state index in [1.807, 2.05) is 77.6 Å². The Balaban J connectivity index is 1.71. The Kier molecular flexibility index (Phi) is 6.15. The molecule has 0 bridgehead atoms. The molecule has 1 N–H and O–H groups in total. The lowest BCUT2D eigenvalue weighted by Crippen LogP contribution is -2.26. The smallest absolute Gasteiger partial charge is 0.222 e. The maximum Gasteiger partial charge on any atom is 0.222 e. The number of aromatic nitrogens is 1. The second-order valence-corrected chi connectivity index (χ2v) is 6.21. The number of carbonyl (C=O) groups excluding carboxylic acids is 1. The third-order valence-corrected chi connectivity index (χ3v) is 4.54. The summed E-state index contributed by atoms with van der Waals surface area (Å²) >= 11 is 0. The van der Waals surface area contributed by atoms with Crippen LogP contribution in [0.25, 0.3) is 0 Å². The summed E-state index contributed by atoms with van der Waals surface area (Å²) in [7, 11) is 3.27. The van der Waals surface area contributed by atoms with Crippen molar-refractivity contribution in [3.8, 4) is 11.5 Å². The minimum absolute atomic E-state index is 0.0181. The largest absolute Gasteiger partial charge is 0.497 e. The maximum absolute atomic E-state index is 12.6. The van der Waals surface area contributed by atoms with Crippen molar-refractivity contribution in [3.05, 3.63) is 84.2 Å². The second-order valence-electron chi connectivity index (χ2n) is 6.21. The molecule has 3 aromatic rings. The first-order valence-corrected chi connectivity index (χ1v) is 8.86. The number of nitrogens with zero attached hydrogens (tertiary/aromatic N) is 1. The molecule has 0 aliphatic carbocycles. The molecule has 1 atom stereocenters. The summed E-state index contributed by atoms with van der Waals surface area (Å²) in [6.45, 7) is 0.434. The average molecular weight is 364 g/mol. The number of methoxy groups -OCH3 is 2. The maximum atomic E-state index is 12.6. The van der Waals surface area contributed by atoms with Crippen molar-refractivity contribution in [2.24, 2.45) is 0 Å². The Morgan fingerprint density at radius 3 is 2.33 bits per heavy atom. The Labute approximate surface area is 159 Å². The van der Waals surface area contributed by atoms with Gasteiger partial charge in [-0.1, -0.05) is 30.3 Å². The highest BCUT2D eigenvalue weighted by Crippen LogP contribution is 2.25. The molecule has 1 aromatic heterocycles. The molecule has 0 fully saturated rings. The number of nitrogens with one attached hydrogen (secondary N) is 1. The fourth-order valence-electron chi connectivity index (χ4n) is 3.07. The summed E-state index contributed by atoms with van der Waals surface area (Å²) in [5.41, 5.74) is 2.01. The Hall–Kier alpha value is -3.21. The molecule has 0 aliphatic rings. The number of rotatable bonds is 8. The van der Waals surface area contributed by atoms with Crippen molar-refractivity contribution in [2.75, 3.05) is 14.2 Å². The monoisotopic (exact) mass is 364 g/mol. The van der Waals surface area contributed by atoms with E-state index in [0.717, 1.165) is 22.6 Å². The summed E-state index contributed by atoms with van der Waals surface area (Å²) in [6.07, 6.45) is 4.29. The van der Waals surface area contributed by atoms with Crippen molar-refractivity contribution in [1.29, 1.82) is 0 Å². The molecule has 5 nitrogen and oxygen atoms in total. The number of amides is 1. The van der Waals surface area contributed by atoms with Crippen LogP contribution in [0.15, 0.2) is 73.1 Å². The van der Waals surface area contributed by atoms with Gasteiger partial charge in [-0.2, -0.15) is 0 Å². The van der Waals surface area contributed by atoms with E-state index in [-0.39, 0.29) is 11.9 Å². The van der Waals surface area contributed by atoms with Gasteiger partial charge < -0.3 is 19.4 Å². The molecule has 0 saturated carbocycles. The molecule has 27 heavy (non-hydrogen) atoms. The Bertz CT molecular complexity index is 858. The standard InChI is InChI=1S/C22H24N2O3/c1-26-19-11-9-17(10-12-19)20(24-13-5-6-14-24)15-22(25)23-16-18-7-3-4-8-21(18)27-2/h3-14,20H,15-16H2,1-2H3,(H,23,25)/t20-/m1/s1. The molecule has 0 spiro atoms. The van der Waals surface area contributed by atoms with Crippen LogP contribution in [0.3, 0.4) is 0 Å². The van der Waals surface area contributed by atoms with Crippen LogP contribution >= 0.6 is 0 Å². The van der Waals surface area contributed by atoms with Gasteiger partial charge in [-0.25, -0.2) is 0 Å². The van der Waals surface area contributed by atoms with Crippen LogP contribution in [0.1, 0.15) is 23.6 Å². The second kappa shape index (κ2) is 8.94. The van der Waals surface area contributed by atoms with Crippen LogP contribution in [0, 0.1) is 0 Å². The minimum atomic E-state index is -0.0800. The average Bonchev–Trinajstić information content (AvgIpc) is 3.25. The summed E-state index contributed by atoms with van der Waals surface area (Å²) in [6, 6.07) is 19.4. The van der Waals surface area contributed by atoms with Gasteiger partial charge in [0.05, 0.1) is 26.7 Å². The van der Waals surface area contributed by atoms with Crippen molar-refractivity contribution < 1.29 is 14.3 Å². The van der Waals surface area contributed by atoms with Crippen LogP contribution in [0.2, 0.25) is 0 Å². The lowest BCUT2D eigenvalue weighted by molar-refractivity contribution is -0.121. The van der Waals surface area contributed by atoms with Crippen molar-refractivity contribution >= 4 is 5.91 Å². The Morgan fingerprint density at radius 1 is 0.963 bits per heavy atom. The highest BCUT2D eigenvalue weighted by molar-refractivity contribution is 5.77. The predicted molar refractivity (Wildman–Crippen MR) is 105 cm³/mol. The number of hydrogen-bond donors (Lipinski definition) is 1. The van der Waals surface area contributed by atoms with Crippen molar-refractivity contribution in [3.63, 3.8) is 0 Å². The molecular weight excluding hydrogens is 340 g/mol. The van der Waals surface area contributed by atoms with Crippen LogP contribution in [0.4, 0.5) is 0 Å². The molecule has 0 aliphatic heterocycles. The van der Waals surface area contributed by atoms with Gasteiger partial charge in [-0.15, -0.1) is 0 Å². The molecular formula is C22H24N2O3. The molecule has 140 valence electrons. The lowest BCUT2D eigenvalue weighted by Gasteiger charge is -2.20. The number of hydrogen-bond acceptors (Lipinski definition) is 3. The number of para-hydroxylation sites is 1. The lowest BCUT2D eigenvalue weighted by atomic mass is 10.0. The van der Waals surface area contributed by atoms with E-state index in [9.17, 15) is 4.79 Å². The highest BCUT2D eigenvalue weighted by atomic mass is 16.5. The van der Waals surface area contributed by atoms with Gasteiger partial charge in [0, 0.05) is 24.5 Å². The van der Waals surface area contributed by atoms with Gasteiger partial charge in [-0.05, 0) is 35.9 Å². The molecule has 0 saturated heterocycles. The van der Waals surface area contributed by atoms with E-state index >= 15 is 0 Å². The molecule has 0 unspecified atom stereocenters. The summed E-state index contributed by atoms with van der Waals surface area (Å²) in [5, 5.41) is 3.00. The summed E-state index contributed by atoms with van der Waals surface area (Å²) < 4.78 is 12.6. The third-order valence-electron chi connectivity index (χ3n) is 4.54. The van der Waals surface area contributed by atoms with Gasteiger partial charge in [0.15, 0.2) is 0 Å². The number of benzene rings is 2. The first kappa shape index (κ1) is 18.6. The topological polar surface area (TPSA) is 52.5 Å². The third kappa shape index (κ3) is 4.70. The van der Waals surface area contributed by atoms with E-state index in [1.54, 1.807) is 14.2 Å². The molecule has 5 heteroatoms. The van der Waals surface area contributed by atoms with Crippen LogP contribution < -0.4 is 14.8 Å². The van der Waals surface area contributed by atoms with Gasteiger partial charge in [0.2, 0.25) is 5.91 Å². The quantitative estimate of drug-likeness (QED) is 0.661. The van der Waals surface area contributed by atoms with Crippen LogP contribution in [-0.2, 0) is 11.3 Å². The first-order valence-electron chi connectivity index (χ1n) is 8.86. The molecule has 0 radical (unpaired) electrons. The fraction of sp³-hybridized carbons (Fsp3) is 0.227. The molecule has 3 rings (SSSR count). The zero-order valence-corrected chi connectivity index (χ0v) is 15.6. The van der Waals surface area contributed by atoms with E-state index in [4.69, 9.17) is 9.47 Å². The highest BCUT2D eigenvalue weighted by Gasteiger charge is 2.17. The normalized spacial score (nSPS) is 11.6. The van der Waals surface area contributed by atoms with Gasteiger partial charge >= 0.3 is 0 Å².